The lowest BCUT2D eigenvalue weighted by Gasteiger charge is -2.32. The second kappa shape index (κ2) is 6.40. The number of nitrogens with zero attached hydrogens (tertiary/aromatic N) is 5. The zero-order valence-electron chi connectivity index (χ0n) is 14.5. The molecule has 0 spiro atoms. The fourth-order valence-corrected chi connectivity index (χ4v) is 3.91. The first-order chi connectivity index (χ1) is 11.7. The van der Waals surface area contributed by atoms with Crippen LogP contribution in [-0.2, 0) is 13.1 Å². The van der Waals surface area contributed by atoms with E-state index in [0.29, 0.717) is 5.92 Å². The summed E-state index contributed by atoms with van der Waals surface area (Å²) in [6.07, 6.45) is 8.67. The van der Waals surface area contributed by atoms with Gasteiger partial charge in [-0.25, -0.2) is 9.97 Å². The monoisotopic (exact) mass is 323 g/mol. The zero-order valence-corrected chi connectivity index (χ0v) is 14.5. The molecule has 5 nitrogen and oxygen atoms in total. The topological polar surface area (TPSA) is 38.4 Å². The molecule has 1 saturated heterocycles. The Morgan fingerprint density at radius 2 is 2.08 bits per heavy atom. The summed E-state index contributed by atoms with van der Waals surface area (Å²) in [5, 5.41) is 0. The summed E-state index contributed by atoms with van der Waals surface area (Å²) >= 11 is 0. The molecule has 0 unspecified atom stereocenters. The van der Waals surface area contributed by atoms with Crippen LogP contribution in [0.4, 0.5) is 0 Å². The van der Waals surface area contributed by atoms with Gasteiger partial charge in [-0.05, 0) is 51.3 Å². The molecule has 4 heterocycles. The standard InChI is InChI=1S/C19H25N5/c1-15-20-8-11-23(15)13-17-6-5-9-22(12-17)14-18-19-7-3-4-10-24(19)16(2)21-18/h3-4,7-8,10-11,17H,5-6,9,12-14H2,1-2H3/t17-/m0/s1. The molecule has 0 radical (unpaired) electrons. The van der Waals surface area contributed by atoms with Crippen LogP contribution in [0.25, 0.3) is 5.52 Å². The van der Waals surface area contributed by atoms with E-state index in [9.17, 15) is 0 Å². The van der Waals surface area contributed by atoms with Crippen LogP contribution in [0.1, 0.15) is 30.2 Å². The zero-order chi connectivity index (χ0) is 16.5. The van der Waals surface area contributed by atoms with Gasteiger partial charge in [0.2, 0.25) is 0 Å². The lowest BCUT2D eigenvalue weighted by Crippen LogP contribution is -2.36. The normalized spacial score (nSPS) is 19.2. The number of aromatic nitrogens is 4. The molecule has 0 bridgehead atoms. The van der Waals surface area contributed by atoms with Crippen LogP contribution in [0, 0.1) is 19.8 Å². The highest BCUT2D eigenvalue weighted by Crippen LogP contribution is 2.22. The Morgan fingerprint density at radius 3 is 2.92 bits per heavy atom. The molecule has 24 heavy (non-hydrogen) atoms. The summed E-state index contributed by atoms with van der Waals surface area (Å²) in [6, 6.07) is 6.34. The Morgan fingerprint density at radius 1 is 1.17 bits per heavy atom. The molecule has 1 atom stereocenters. The quantitative estimate of drug-likeness (QED) is 0.741. The number of hydrogen-bond acceptors (Lipinski definition) is 3. The summed E-state index contributed by atoms with van der Waals surface area (Å²) in [4.78, 5) is 11.7. The van der Waals surface area contributed by atoms with Crippen molar-refractivity contribution in [2.24, 2.45) is 5.92 Å². The van der Waals surface area contributed by atoms with Crippen molar-refractivity contribution in [3.8, 4) is 0 Å². The third-order valence-electron chi connectivity index (χ3n) is 5.16. The Labute approximate surface area is 143 Å². The van der Waals surface area contributed by atoms with E-state index in [1.807, 2.05) is 6.20 Å². The molecule has 0 N–H and O–H groups in total. The van der Waals surface area contributed by atoms with E-state index in [4.69, 9.17) is 4.98 Å². The fraction of sp³-hybridized carbons (Fsp3) is 0.474. The first kappa shape index (κ1) is 15.4. The molecule has 1 aliphatic rings. The van der Waals surface area contributed by atoms with Crippen molar-refractivity contribution >= 4 is 5.52 Å². The molecule has 3 aromatic heterocycles. The minimum Gasteiger partial charge on any atom is -0.335 e. The predicted molar refractivity (Wildman–Crippen MR) is 94.9 cm³/mol. The third-order valence-corrected chi connectivity index (χ3v) is 5.16. The van der Waals surface area contributed by atoms with Crippen LogP contribution in [0.15, 0.2) is 36.8 Å². The van der Waals surface area contributed by atoms with Crippen LogP contribution in [0.5, 0.6) is 0 Å². The van der Waals surface area contributed by atoms with E-state index < -0.39 is 0 Å². The van der Waals surface area contributed by atoms with Gasteiger partial charge in [0.1, 0.15) is 11.6 Å². The number of rotatable bonds is 4. The average Bonchev–Trinajstić information content (AvgIpc) is 3.13. The van der Waals surface area contributed by atoms with Crippen molar-refractivity contribution < 1.29 is 0 Å². The van der Waals surface area contributed by atoms with E-state index >= 15 is 0 Å². The largest absolute Gasteiger partial charge is 0.335 e. The highest BCUT2D eigenvalue weighted by Gasteiger charge is 2.22. The van der Waals surface area contributed by atoms with Gasteiger partial charge in [0, 0.05) is 38.2 Å². The molecule has 0 saturated carbocycles. The number of aryl methyl sites for hydroxylation is 2. The minimum atomic E-state index is 0.696. The van der Waals surface area contributed by atoms with Crippen LogP contribution in [0.2, 0.25) is 0 Å². The minimum absolute atomic E-state index is 0.696. The van der Waals surface area contributed by atoms with Crippen LogP contribution in [0.3, 0.4) is 0 Å². The van der Waals surface area contributed by atoms with Crippen molar-refractivity contribution in [3.05, 3.63) is 54.1 Å². The summed E-state index contributed by atoms with van der Waals surface area (Å²) < 4.78 is 4.47. The Balaban J connectivity index is 1.47. The summed E-state index contributed by atoms with van der Waals surface area (Å²) in [7, 11) is 0. The van der Waals surface area contributed by atoms with Crippen molar-refractivity contribution in [2.45, 2.75) is 39.8 Å². The molecule has 126 valence electrons. The summed E-state index contributed by atoms with van der Waals surface area (Å²) in [5.74, 6) is 2.88. The average molecular weight is 323 g/mol. The molecule has 1 aliphatic heterocycles. The highest BCUT2D eigenvalue weighted by molar-refractivity contribution is 5.53. The molecule has 0 aromatic carbocycles. The number of fused-ring (bicyclic) bond motifs is 1. The molecule has 3 aromatic rings. The molecular weight excluding hydrogens is 298 g/mol. The Bertz CT molecular complexity index is 831. The molecule has 4 rings (SSSR count). The van der Waals surface area contributed by atoms with Gasteiger partial charge in [-0.3, -0.25) is 4.90 Å². The van der Waals surface area contributed by atoms with Crippen molar-refractivity contribution in [1.82, 2.24) is 23.8 Å². The lowest BCUT2D eigenvalue weighted by molar-refractivity contribution is 0.154. The number of imidazole rings is 2. The number of piperidine rings is 1. The van der Waals surface area contributed by atoms with Crippen LogP contribution >= 0.6 is 0 Å². The lowest BCUT2D eigenvalue weighted by atomic mass is 9.97. The van der Waals surface area contributed by atoms with Crippen LogP contribution < -0.4 is 0 Å². The van der Waals surface area contributed by atoms with Crippen molar-refractivity contribution in [2.75, 3.05) is 13.1 Å². The second-order valence-electron chi connectivity index (χ2n) is 6.93. The van der Waals surface area contributed by atoms with E-state index in [0.717, 1.165) is 31.3 Å². The van der Waals surface area contributed by atoms with Gasteiger partial charge in [0.15, 0.2) is 0 Å². The third kappa shape index (κ3) is 2.96. The Hall–Kier alpha value is -2.14. The van der Waals surface area contributed by atoms with E-state index in [1.165, 1.54) is 30.6 Å². The number of likely N-dealkylation sites (tertiary alicyclic amines) is 1. The van der Waals surface area contributed by atoms with E-state index in [1.54, 1.807) is 0 Å². The SMILES string of the molecule is Cc1nccn1C[C@H]1CCCN(Cc2nc(C)n3ccccc23)C1. The first-order valence-electron chi connectivity index (χ1n) is 8.83. The molecule has 0 amide bonds. The van der Waals surface area contributed by atoms with E-state index in [2.05, 4.69) is 63.3 Å². The summed E-state index contributed by atoms with van der Waals surface area (Å²) in [5.41, 5.74) is 2.44. The maximum absolute atomic E-state index is 4.80. The Kier molecular flexibility index (Phi) is 4.10. The second-order valence-corrected chi connectivity index (χ2v) is 6.93. The number of pyridine rings is 1. The number of hydrogen-bond donors (Lipinski definition) is 0. The molecular formula is C19H25N5. The summed E-state index contributed by atoms with van der Waals surface area (Å²) in [6.45, 7) is 8.50. The van der Waals surface area contributed by atoms with Gasteiger partial charge in [0.25, 0.3) is 0 Å². The van der Waals surface area contributed by atoms with Gasteiger partial charge < -0.3 is 8.97 Å². The van der Waals surface area contributed by atoms with Crippen molar-refractivity contribution in [1.29, 1.82) is 0 Å². The fourth-order valence-electron chi connectivity index (χ4n) is 3.91. The van der Waals surface area contributed by atoms with Gasteiger partial charge in [-0.15, -0.1) is 0 Å². The van der Waals surface area contributed by atoms with Gasteiger partial charge in [-0.1, -0.05) is 6.07 Å². The van der Waals surface area contributed by atoms with Gasteiger partial charge in [0.05, 0.1) is 11.2 Å². The van der Waals surface area contributed by atoms with Gasteiger partial charge >= 0.3 is 0 Å². The predicted octanol–water partition coefficient (Wildman–Crippen LogP) is 3.06. The van der Waals surface area contributed by atoms with Gasteiger partial charge in [-0.2, -0.15) is 0 Å². The smallest absolute Gasteiger partial charge is 0.110 e. The maximum Gasteiger partial charge on any atom is 0.110 e. The van der Waals surface area contributed by atoms with E-state index in [-0.39, 0.29) is 0 Å². The first-order valence-corrected chi connectivity index (χ1v) is 8.83. The van der Waals surface area contributed by atoms with Crippen LogP contribution in [-0.4, -0.2) is 36.9 Å². The molecule has 1 fully saturated rings. The maximum atomic E-state index is 4.80. The molecule has 0 aliphatic carbocycles. The molecule has 5 heteroatoms. The highest BCUT2D eigenvalue weighted by atomic mass is 15.2. The van der Waals surface area contributed by atoms with Crippen molar-refractivity contribution in [3.63, 3.8) is 0 Å².